The highest BCUT2D eigenvalue weighted by molar-refractivity contribution is 6.31. The second-order valence-electron chi connectivity index (χ2n) is 4.07. The Kier molecular flexibility index (Phi) is 2.35. The van der Waals surface area contributed by atoms with Gasteiger partial charge in [-0.1, -0.05) is 17.7 Å². The van der Waals surface area contributed by atoms with Crippen LogP contribution in [0.25, 0.3) is 21.7 Å². The maximum atomic E-state index is 13.9. The molecule has 0 bridgehead atoms. The normalized spacial score (nSPS) is 11.3. The molecule has 0 atom stereocenters. The van der Waals surface area contributed by atoms with Crippen LogP contribution in [-0.4, -0.2) is 9.55 Å². The fraction of sp³-hybridized carbons (Fsp3) is 0.0769. The number of nitrogens with zero attached hydrogens (tertiary/aromatic N) is 2. The molecule has 90 valence electrons. The number of benzene rings is 1. The fourth-order valence-corrected chi connectivity index (χ4v) is 2.32. The molecule has 0 aliphatic heterocycles. The summed E-state index contributed by atoms with van der Waals surface area (Å²) in [7, 11) is 1.63. The second kappa shape index (κ2) is 3.78. The molecule has 1 aromatic carbocycles. The highest BCUT2D eigenvalue weighted by Crippen LogP contribution is 2.26. The van der Waals surface area contributed by atoms with Crippen molar-refractivity contribution in [3.63, 3.8) is 0 Å². The van der Waals surface area contributed by atoms with Crippen LogP contribution >= 0.6 is 11.6 Å². The number of pyridine rings is 2. The van der Waals surface area contributed by atoms with Crippen molar-refractivity contribution in [2.45, 2.75) is 0 Å². The Hall–Kier alpha value is -1.94. The van der Waals surface area contributed by atoms with Crippen molar-refractivity contribution in [3.05, 3.63) is 51.8 Å². The molecular formula is C13H8ClFN2O. The molecule has 0 unspecified atom stereocenters. The van der Waals surface area contributed by atoms with E-state index in [-0.39, 0.29) is 10.9 Å². The molecule has 18 heavy (non-hydrogen) atoms. The number of aromatic nitrogens is 2. The summed E-state index contributed by atoms with van der Waals surface area (Å²) in [6.45, 7) is 0. The van der Waals surface area contributed by atoms with E-state index >= 15 is 0 Å². The molecule has 0 saturated carbocycles. The summed E-state index contributed by atoms with van der Waals surface area (Å²) in [5.74, 6) is -0.502. The van der Waals surface area contributed by atoms with Gasteiger partial charge in [0.05, 0.1) is 17.1 Å². The van der Waals surface area contributed by atoms with E-state index in [0.717, 1.165) is 6.20 Å². The third-order valence-corrected chi connectivity index (χ3v) is 3.26. The Morgan fingerprint density at radius 3 is 2.83 bits per heavy atom. The zero-order valence-electron chi connectivity index (χ0n) is 9.45. The van der Waals surface area contributed by atoms with Crippen LogP contribution in [0.4, 0.5) is 4.39 Å². The molecule has 0 aliphatic rings. The molecular weight excluding hydrogens is 255 g/mol. The first-order chi connectivity index (χ1) is 8.59. The van der Waals surface area contributed by atoms with E-state index in [9.17, 15) is 9.18 Å². The van der Waals surface area contributed by atoms with Gasteiger partial charge in [0.1, 0.15) is 5.82 Å². The van der Waals surface area contributed by atoms with Gasteiger partial charge in [0.25, 0.3) is 5.56 Å². The fourth-order valence-electron chi connectivity index (χ4n) is 2.15. The molecule has 0 spiro atoms. The maximum absolute atomic E-state index is 13.9. The zero-order valence-corrected chi connectivity index (χ0v) is 10.2. The minimum Gasteiger partial charge on any atom is -0.311 e. The van der Waals surface area contributed by atoms with E-state index in [1.165, 1.54) is 10.8 Å². The lowest BCUT2D eigenvalue weighted by Gasteiger charge is -2.09. The van der Waals surface area contributed by atoms with Crippen molar-refractivity contribution >= 4 is 33.3 Å². The van der Waals surface area contributed by atoms with Gasteiger partial charge in [-0.05, 0) is 12.1 Å². The Balaban J connectivity index is 2.73. The summed E-state index contributed by atoms with van der Waals surface area (Å²) in [5.41, 5.74) is 0.317. The monoisotopic (exact) mass is 262 g/mol. The van der Waals surface area contributed by atoms with E-state index in [1.807, 2.05) is 0 Å². The van der Waals surface area contributed by atoms with Crippen LogP contribution in [0.15, 0.2) is 35.4 Å². The minimum atomic E-state index is -0.502. The molecule has 0 fully saturated rings. The number of hydrogen-bond donors (Lipinski definition) is 0. The number of rotatable bonds is 0. The smallest absolute Gasteiger partial charge is 0.260 e. The molecule has 0 aliphatic carbocycles. The predicted molar refractivity (Wildman–Crippen MR) is 69.5 cm³/mol. The molecule has 3 rings (SSSR count). The quantitative estimate of drug-likeness (QED) is 0.584. The standard InChI is InChI=1S/C13H8ClFN2O/c1-17-11-4-7(14)2-3-8(11)12-9(13(17)18)5-16-6-10(12)15/h2-6H,1H3. The third kappa shape index (κ3) is 1.42. The van der Waals surface area contributed by atoms with Gasteiger partial charge in [0, 0.05) is 29.0 Å². The average Bonchev–Trinajstić information content (AvgIpc) is 2.36. The van der Waals surface area contributed by atoms with Crippen molar-refractivity contribution in [3.8, 4) is 0 Å². The molecule has 2 aromatic heterocycles. The lowest BCUT2D eigenvalue weighted by Crippen LogP contribution is -2.17. The number of aryl methyl sites for hydroxylation is 1. The molecule has 2 heterocycles. The van der Waals surface area contributed by atoms with Crippen molar-refractivity contribution < 1.29 is 4.39 Å². The maximum Gasteiger partial charge on any atom is 0.260 e. The summed E-state index contributed by atoms with van der Waals surface area (Å²) in [4.78, 5) is 15.8. The van der Waals surface area contributed by atoms with Gasteiger partial charge < -0.3 is 4.57 Å². The Morgan fingerprint density at radius 1 is 1.28 bits per heavy atom. The SMILES string of the molecule is Cn1c(=O)c2cncc(F)c2c2ccc(Cl)cc21. The summed E-state index contributed by atoms with van der Waals surface area (Å²) in [5, 5.41) is 1.72. The van der Waals surface area contributed by atoms with Crippen LogP contribution in [0, 0.1) is 5.82 Å². The highest BCUT2D eigenvalue weighted by atomic mass is 35.5. The Labute approximate surface area is 106 Å². The van der Waals surface area contributed by atoms with Crippen molar-refractivity contribution in [1.82, 2.24) is 9.55 Å². The van der Waals surface area contributed by atoms with Gasteiger partial charge in [0.2, 0.25) is 0 Å². The van der Waals surface area contributed by atoms with E-state index in [1.54, 1.807) is 25.2 Å². The van der Waals surface area contributed by atoms with Gasteiger partial charge in [-0.2, -0.15) is 0 Å². The molecule has 0 amide bonds. The Bertz CT molecular complexity index is 842. The minimum absolute atomic E-state index is 0.271. The summed E-state index contributed by atoms with van der Waals surface area (Å²) < 4.78 is 15.3. The van der Waals surface area contributed by atoms with Crippen LogP contribution in [0.1, 0.15) is 0 Å². The van der Waals surface area contributed by atoms with Gasteiger partial charge in [-0.3, -0.25) is 9.78 Å². The van der Waals surface area contributed by atoms with Crippen LogP contribution in [-0.2, 0) is 7.05 Å². The van der Waals surface area contributed by atoms with E-state index < -0.39 is 5.82 Å². The summed E-state index contributed by atoms with van der Waals surface area (Å²) in [6, 6.07) is 5.04. The largest absolute Gasteiger partial charge is 0.311 e. The van der Waals surface area contributed by atoms with E-state index in [0.29, 0.717) is 21.3 Å². The Morgan fingerprint density at radius 2 is 2.06 bits per heavy atom. The number of hydrogen-bond acceptors (Lipinski definition) is 2. The lowest BCUT2D eigenvalue weighted by molar-refractivity contribution is 0.634. The molecule has 3 aromatic rings. The average molecular weight is 263 g/mol. The molecule has 5 heteroatoms. The first-order valence-electron chi connectivity index (χ1n) is 5.31. The van der Waals surface area contributed by atoms with Crippen molar-refractivity contribution in [1.29, 1.82) is 0 Å². The lowest BCUT2D eigenvalue weighted by atomic mass is 10.1. The molecule has 3 nitrogen and oxygen atoms in total. The van der Waals surface area contributed by atoms with Crippen LogP contribution in [0.2, 0.25) is 5.02 Å². The van der Waals surface area contributed by atoms with E-state index in [2.05, 4.69) is 4.98 Å². The number of halogens is 2. The van der Waals surface area contributed by atoms with Gasteiger partial charge in [-0.15, -0.1) is 0 Å². The van der Waals surface area contributed by atoms with Crippen molar-refractivity contribution in [2.24, 2.45) is 7.05 Å². The van der Waals surface area contributed by atoms with Gasteiger partial charge in [0.15, 0.2) is 0 Å². The predicted octanol–water partition coefficient (Wildman–Crippen LogP) is 2.88. The second-order valence-corrected chi connectivity index (χ2v) is 4.51. The summed E-state index contributed by atoms with van der Waals surface area (Å²) >= 11 is 5.91. The summed E-state index contributed by atoms with van der Waals surface area (Å²) in [6.07, 6.45) is 2.49. The van der Waals surface area contributed by atoms with Crippen LogP contribution in [0.5, 0.6) is 0 Å². The van der Waals surface area contributed by atoms with Crippen LogP contribution < -0.4 is 5.56 Å². The zero-order chi connectivity index (χ0) is 12.9. The third-order valence-electron chi connectivity index (χ3n) is 3.03. The number of fused-ring (bicyclic) bond motifs is 3. The van der Waals surface area contributed by atoms with Gasteiger partial charge in [-0.25, -0.2) is 4.39 Å². The molecule has 0 radical (unpaired) electrons. The first kappa shape index (κ1) is 11.2. The first-order valence-corrected chi connectivity index (χ1v) is 5.69. The van der Waals surface area contributed by atoms with E-state index in [4.69, 9.17) is 11.6 Å². The molecule has 0 N–H and O–H groups in total. The highest BCUT2D eigenvalue weighted by Gasteiger charge is 2.12. The van der Waals surface area contributed by atoms with Crippen LogP contribution in [0.3, 0.4) is 0 Å². The topological polar surface area (TPSA) is 34.9 Å². The van der Waals surface area contributed by atoms with Gasteiger partial charge >= 0.3 is 0 Å². The molecule has 0 saturated heterocycles. The van der Waals surface area contributed by atoms with Crippen molar-refractivity contribution in [2.75, 3.05) is 0 Å².